The monoisotopic (exact) mass is 411 g/mol. The van der Waals surface area contributed by atoms with Crippen LogP contribution in [0.4, 0.5) is 11.4 Å². The second-order valence-corrected chi connectivity index (χ2v) is 6.47. The number of aliphatic hydroxyl groups excluding tert-OH is 1. The summed E-state index contributed by atoms with van der Waals surface area (Å²) in [6.07, 6.45) is 0. The standard InChI is InChI=1S/C21H21N3O6/c1-30-21(29)16-12-24(10-11-25)20(28)18(16)22-13-6-8-14(9-7-13)23-19(27)15-4-2-3-5-17(15)26/h2-9,22,25-26H,10-12H2,1H3,(H,23,27). The van der Waals surface area contributed by atoms with Crippen LogP contribution >= 0.6 is 0 Å². The van der Waals surface area contributed by atoms with Gasteiger partial charge in [-0.15, -0.1) is 0 Å². The summed E-state index contributed by atoms with van der Waals surface area (Å²) in [4.78, 5) is 38.2. The first-order valence-corrected chi connectivity index (χ1v) is 9.12. The molecule has 0 saturated heterocycles. The number of β-amino-alcohol motifs (C(OH)–C–C–N with tert-alkyl or cyclic N) is 1. The molecule has 30 heavy (non-hydrogen) atoms. The summed E-state index contributed by atoms with van der Waals surface area (Å²) in [6.45, 7) is -0.0796. The number of nitrogens with one attached hydrogen (secondary N) is 2. The van der Waals surface area contributed by atoms with Crippen LogP contribution in [0.2, 0.25) is 0 Å². The van der Waals surface area contributed by atoms with Crippen molar-refractivity contribution in [2.24, 2.45) is 0 Å². The molecule has 0 radical (unpaired) electrons. The predicted molar refractivity (Wildman–Crippen MR) is 109 cm³/mol. The number of hydrogen-bond donors (Lipinski definition) is 4. The molecule has 0 saturated carbocycles. The average Bonchev–Trinajstić information content (AvgIpc) is 3.05. The van der Waals surface area contributed by atoms with Gasteiger partial charge in [0, 0.05) is 17.9 Å². The van der Waals surface area contributed by atoms with Gasteiger partial charge in [-0.05, 0) is 36.4 Å². The molecule has 0 bridgehead atoms. The largest absolute Gasteiger partial charge is 0.507 e. The third kappa shape index (κ3) is 4.41. The molecule has 2 amide bonds. The molecule has 0 unspecified atom stereocenters. The number of anilines is 2. The van der Waals surface area contributed by atoms with Crippen LogP contribution in [0.5, 0.6) is 5.75 Å². The summed E-state index contributed by atoms with van der Waals surface area (Å²) < 4.78 is 4.75. The zero-order valence-electron chi connectivity index (χ0n) is 16.2. The molecule has 0 atom stereocenters. The highest BCUT2D eigenvalue weighted by Gasteiger charge is 2.34. The van der Waals surface area contributed by atoms with Gasteiger partial charge in [-0.2, -0.15) is 0 Å². The van der Waals surface area contributed by atoms with E-state index in [9.17, 15) is 19.5 Å². The Morgan fingerprint density at radius 3 is 2.40 bits per heavy atom. The van der Waals surface area contributed by atoms with Crippen molar-refractivity contribution >= 4 is 29.2 Å². The van der Waals surface area contributed by atoms with E-state index in [1.165, 1.54) is 24.1 Å². The lowest BCUT2D eigenvalue weighted by Gasteiger charge is -2.15. The molecule has 2 aromatic carbocycles. The highest BCUT2D eigenvalue weighted by atomic mass is 16.5. The fourth-order valence-corrected chi connectivity index (χ4v) is 2.99. The van der Waals surface area contributed by atoms with Crippen molar-refractivity contribution in [1.29, 1.82) is 0 Å². The Morgan fingerprint density at radius 1 is 1.10 bits per heavy atom. The zero-order valence-corrected chi connectivity index (χ0v) is 16.2. The highest BCUT2D eigenvalue weighted by Crippen LogP contribution is 2.24. The molecule has 0 spiro atoms. The van der Waals surface area contributed by atoms with E-state index in [0.717, 1.165) is 0 Å². The number of benzene rings is 2. The number of carbonyl (C=O) groups is 3. The molecule has 3 rings (SSSR count). The van der Waals surface area contributed by atoms with Crippen molar-refractivity contribution in [3.8, 4) is 5.75 Å². The number of carbonyl (C=O) groups excluding carboxylic acids is 3. The first-order valence-electron chi connectivity index (χ1n) is 9.12. The second-order valence-electron chi connectivity index (χ2n) is 6.47. The minimum atomic E-state index is -0.627. The molecular weight excluding hydrogens is 390 g/mol. The number of aliphatic hydroxyl groups is 1. The number of phenolic OH excluding ortho intramolecular Hbond substituents is 1. The number of para-hydroxylation sites is 1. The highest BCUT2D eigenvalue weighted by molar-refractivity contribution is 6.09. The summed E-state index contributed by atoms with van der Waals surface area (Å²) in [6, 6.07) is 12.7. The first-order chi connectivity index (χ1) is 14.4. The number of phenols is 1. The number of ether oxygens (including phenoxy) is 1. The Hall–Kier alpha value is -3.85. The van der Waals surface area contributed by atoms with E-state index in [0.29, 0.717) is 11.4 Å². The summed E-state index contributed by atoms with van der Waals surface area (Å²) in [5.74, 6) is -1.63. The van der Waals surface area contributed by atoms with Crippen LogP contribution < -0.4 is 10.6 Å². The molecule has 1 aliphatic rings. The topological polar surface area (TPSA) is 128 Å². The summed E-state index contributed by atoms with van der Waals surface area (Å²) in [5, 5.41) is 24.5. The van der Waals surface area contributed by atoms with Crippen LogP contribution in [0, 0.1) is 0 Å². The molecule has 0 fully saturated rings. The molecule has 0 aromatic heterocycles. The number of hydrogen-bond acceptors (Lipinski definition) is 7. The maximum Gasteiger partial charge on any atom is 0.337 e. The van der Waals surface area contributed by atoms with Crippen molar-refractivity contribution in [3.63, 3.8) is 0 Å². The molecule has 2 aromatic rings. The van der Waals surface area contributed by atoms with Crippen molar-refractivity contribution in [1.82, 2.24) is 4.90 Å². The van der Waals surface area contributed by atoms with Crippen molar-refractivity contribution in [2.75, 3.05) is 37.4 Å². The minimum Gasteiger partial charge on any atom is -0.507 e. The SMILES string of the molecule is COC(=O)C1=C(Nc2ccc(NC(=O)c3ccccc3O)cc2)C(=O)N(CCO)C1. The molecule has 4 N–H and O–H groups in total. The maximum atomic E-state index is 12.5. The number of nitrogens with zero attached hydrogens (tertiary/aromatic N) is 1. The Morgan fingerprint density at radius 2 is 1.77 bits per heavy atom. The van der Waals surface area contributed by atoms with Gasteiger partial charge in [0.05, 0.1) is 31.4 Å². The Kier molecular flexibility index (Phi) is 6.33. The van der Waals surface area contributed by atoms with Crippen LogP contribution in [-0.2, 0) is 14.3 Å². The number of methoxy groups -OCH3 is 1. The summed E-state index contributed by atoms with van der Waals surface area (Å²) in [5.41, 5.74) is 1.41. The molecule has 156 valence electrons. The van der Waals surface area contributed by atoms with Crippen molar-refractivity contribution in [2.45, 2.75) is 0 Å². The fourth-order valence-electron chi connectivity index (χ4n) is 2.99. The van der Waals surface area contributed by atoms with E-state index < -0.39 is 17.8 Å². The van der Waals surface area contributed by atoms with Crippen LogP contribution in [0.1, 0.15) is 10.4 Å². The average molecular weight is 411 g/mol. The van der Waals surface area contributed by atoms with Gasteiger partial charge in [-0.1, -0.05) is 12.1 Å². The van der Waals surface area contributed by atoms with Crippen LogP contribution in [0.3, 0.4) is 0 Å². The summed E-state index contributed by atoms with van der Waals surface area (Å²) in [7, 11) is 1.23. The van der Waals surface area contributed by atoms with Crippen LogP contribution in [-0.4, -0.2) is 59.7 Å². The van der Waals surface area contributed by atoms with E-state index in [4.69, 9.17) is 9.84 Å². The number of esters is 1. The van der Waals surface area contributed by atoms with Crippen molar-refractivity contribution < 1.29 is 29.3 Å². The molecule has 1 heterocycles. The quantitative estimate of drug-likeness (QED) is 0.506. The molecule has 9 heteroatoms. The van der Waals surface area contributed by atoms with Gasteiger partial charge in [-0.25, -0.2) is 4.79 Å². The maximum absolute atomic E-state index is 12.5. The lowest BCUT2D eigenvalue weighted by molar-refractivity contribution is -0.136. The molecular formula is C21H21N3O6. The van der Waals surface area contributed by atoms with Gasteiger partial charge in [0.2, 0.25) is 0 Å². The summed E-state index contributed by atoms with van der Waals surface area (Å²) >= 11 is 0. The van der Waals surface area contributed by atoms with E-state index >= 15 is 0 Å². The van der Waals surface area contributed by atoms with Gasteiger partial charge in [0.25, 0.3) is 11.8 Å². The lowest BCUT2D eigenvalue weighted by Crippen LogP contribution is -2.31. The van der Waals surface area contributed by atoms with Gasteiger partial charge < -0.3 is 30.5 Å². The van der Waals surface area contributed by atoms with Gasteiger partial charge in [0.15, 0.2) is 0 Å². The van der Waals surface area contributed by atoms with Crippen LogP contribution in [0.15, 0.2) is 59.8 Å². The predicted octanol–water partition coefficient (Wildman–Crippen LogP) is 1.32. The Labute approximate surface area is 172 Å². The van der Waals surface area contributed by atoms with E-state index in [-0.39, 0.29) is 42.3 Å². The molecule has 0 aliphatic carbocycles. The molecule has 1 aliphatic heterocycles. The number of aromatic hydroxyl groups is 1. The van der Waals surface area contributed by atoms with Gasteiger partial charge in [-0.3, -0.25) is 9.59 Å². The number of amides is 2. The first kappa shape index (κ1) is 20.9. The second kappa shape index (κ2) is 9.10. The van der Waals surface area contributed by atoms with Crippen LogP contribution in [0.25, 0.3) is 0 Å². The third-order valence-corrected chi connectivity index (χ3v) is 4.51. The third-order valence-electron chi connectivity index (χ3n) is 4.51. The minimum absolute atomic E-state index is 0.0448. The smallest absolute Gasteiger partial charge is 0.337 e. The Bertz CT molecular complexity index is 1000. The van der Waals surface area contributed by atoms with Gasteiger partial charge in [0.1, 0.15) is 11.4 Å². The Balaban J connectivity index is 1.74. The van der Waals surface area contributed by atoms with E-state index in [1.807, 2.05) is 0 Å². The van der Waals surface area contributed by atoms with E-state index in [1.54, 1.807) is 36.4 Å². The normalized spacial score (nSPS) is 13.4. The van der Waals surface area contributed by atoms with E-state index in [2.05, 4.69) is 10.6 Å². The van der Waals surface area contributed by atoms with Crippen molar-refractivity contribution in [3.05, 3.63) is 65.4 Å². The lowest BCUT2D eigenvalue weighted by atomic mass is 10.2. The fraction of sp³-hybridized carbons (Fsp3) is 0.190. The number of rotatable bonds is 7. The zero-order chi connectivity index (χ0) is 21.7. The van der Waals surface area contributed by atoms with Gasteiger partial charge >= 0.3 is 5.97 Å². The molecule has 9 nitrogen and oxygen atoms in total.